The molecule has 1 heterocycles. The van der Waals surface area contributed by atoms with E-state index in [-0.39, 0.29) is 6.04 Å². The lowest BCUT2D eigenvalue weighted by molar-refractivity contribution is 0.357. The maximum atomic E-state index is 5.53. The van der Waals surface area contributed by atoms with Gasteiger partial charge in [0.2, 0.25) is 0 Å². The topological polar surface area (TPSA) is 30.5 Å². The minimum atomic E-state index is 0.251. The van der Waals surface area contributed by atoms with Gasteiger partial charge in [-0.3, -0.25) is 0 Å². The van der Waals surface area contributed by atoms with Crippen molar-refractivity contribution in [2.24, 2.45) is 0 Å². The van der Waals surface area contributed by atoms with E-state index in [2.05, 4.69) is 36.5 Å². The summed E-state index contributed by atoms with van der Waals surface area (Å²) in [6.45, 7) is 2.96. The number of benzene rings is 2. The number of nitrogens with one attached hydrogen (secondary N) is 1. The molecule has 2 aromatic rings. The normalized spacial score (nSPS) is 14.3. The zero-order valence-electron chi connectivity index (χ0n) is 11.8. The summed E-state index contributed by atoms with van der Waals surface area (Å²) in [7, 11) is 1.68. The maximum Gasteiger partial charge on any atom is 0.122 e. The van der Waals surface area contributed by atoms with E-state index < -0.39 is 0 Å². The number of anilines is 1. The summed E-state index contributed by atoms with van der Waals surface area (Å²) in [5.74, 6) is 1.91. The predicted octanol–water partition coefficient (Wildman–Crippen LogP) is 3.80. The van der Waals surface area contributed by atoms with E-state index in [1.165, 1.54) is 11.1 Å². The molecule has 1 unspecified atom stereocenters. The Morgan fingerprint density at radius 1 is 1.15 bits per heavy atom. The molecule has 20 heavy (non-hydrogen) atoms. The van der Waals surface area contributed by atoms with Gasteiger partial charge in [-0.2, -0.15) is 0 Å². The fraction of sp³-hybridized carbons (Fsp3) is 0.294. The van der Waals surface area contributed by atoms with Crippen LogP contribution in [0, 0.1) is 0 Å². The molecular weight excluding hydrogens is 250 g/mol. The van der Waals surface area contributed by atoms with Crippen molar-refractivity contribution in [2.45, 2.75) is 19.4 Å². The van der Waals surface area contributed by atoms with Gasteiger partial charge in [0.15, 0.2) is 0 Å². The fourth-order valence-corrected chi connectivity index (χ4v) is 2.50. The molecule has 3 nitrogen and oxygen atoms in total. The monoisotopic (exact) mass is 269 g/mol. The molecule has 1 N–H and O–H groups in total. The van der Waals surface area contributed by atoms with Crippen molar-refractivity contribution in [1.82, 2.24) is 0 Å². The Morgan fingerprint density at radius 2 is 1.95 bits per heavy atom. The molecule has 1 aliphatic heterocycles. The molecule has 2 aromatic carbocycles. The second-order valence-corrected chi connectivity index (χ2v) is 5.06. The van der Waals surface area contributed by atoms with Gasteiger partial charge in [-0.1, -0.05) is 12.1 Å². The van der Waals surface area contributed by atoms with Gasteiger partial charge < -0.3 is 14.8 Å². The lowest BCUT2D eigenvalue weighted by Gasteiger charge is -2.16. The van der Waals surface area contributed by atoms with Crippen molar-refractivity contribution in [2.75, 3.05) is 19.0 Å². The van der Waals surface area contributed by atoms with Crippen LogP contribution in [0.4, 0.5) is 5.69 Å². The lowest BCUT2D eigenvalue weighted by atomic mass is 10.1. The van der Waals surface area contributed by atoms with Crippen LogP contribution in [0.25, 0.3) is 0 Å². The summed E-state index contributed by atoms with van der Waals surface area (Å²) in [5, 5.41) is 3.53. The number of methoxy groups -OCH3 is 1. The van der Waals surface area contributed by atoms with E-state index in [1.807, 2.05) is 18.2 Å². The molecule has 0 saturated heterocycles. The van der Waals surface area contributed by atoms with Crippen molar-refractivity contribution < 1.29 is 9.47 Å². The zero-order valence-corrected chi connectivity index (χ0v) is 11.8. The summed E-state index contributed by atoms with van der Waals surface area (Å²) in [6.07, 6.45) is 1.00. The van der Waals surface area contributed by atoms with Crippen LogP contribution in [0.2, 0.25) is 0 Å². The first-order valence-corrected chi connectivity index (χ1v) is 6.92. The highest BCUT2D eigenvalue weighted by Gasteiger charge is 2.13. The first-order valence-electron chi connectivity index (χ1n) is 6.92. The third-order valence-electron chi connectivity index (χ3n) is 3.69. The Labute approximate surface area is 119 Å². The van der Waals surface area contributed by atoms with Crippen molar-refractivity contribution in [3.63, 3.8) is 0 Å². The molecule has 0 aliphatic carbocycles. The zero-order chi connectivity index (χ0) is 13.9. The van der Waals surface area contributed by atoms with Crippen LogP contribution in [0.1, 0.15) is 24.1 Å². The van der Waals surface area contributed by atoms with E-state index >= 15 is 0 Å². The van der Waals surface area contributed by atoms with Crippen LogP contribution in [0.5, 0.6) is 11.5 Å². The highest BCUT2D eigenvalue weighted by atomic mass is 16.5. The number of hydrogen-bond donors (Lipinski definition) is 1. The maximum absolute atomic E-state index is 5.53. The first kappa shape index (κ1) is 12.9. The predicted molar refractivity (Wildman–Crippen MR) is 80.7 cm³/mol. The first-order chi connectivity index (χ1) is 9.76. The van der Waals surface area contributed by atoms with E-state index in [4.69, 9.17) is 9.47 Å². The van der Waals surface area contributed by atoms with Gasteiger partial charge in [-0.15, -0.1) is 0 Å². The smallest absolute Gasteiger partial charge is 0.122 e. The van der Waals surface area contributed by atoms with Gasteiger partial charge >= 0.3 is 0 Å². The number of ether oxygens (including phenoxy) is 2. The van der Waals surface area contributed by atoms with Crippen molar-refractivity contribution in [3.05, 3.63) is 53.6 Å². The molecular formula is C17H19NO2. The van der Waals surface area contributed by atoms with E-state index in [9.17, 15) is 0 Å². The van der Waals surface area contributed by atoms with Crippen LogP contribution in [0.3, 0.4) is 0 Å². The molecule has 0 radical (unpaired) electrons. The average molecular weight is 269 g/mol. The summed E-state index contributed by atoms with van der Waals surface area (Å²) in [6, 6.07) is 14.7. The summed E-state index contributed by atoms with van der Waals surface area (Å²) < 4.78 is 10.7. The molecule has 0 spiro atoms. The minimum absolute atomic E-state index is 0.251. The van der Waals surface area contributed by atoms with Crippen LogP contribution in [0.15, 0.2) is 42.5 Å². The molecule has 0 saturated carbocycles. The Bertz CT molecular complexity index is 592. The standard InChI is InChI=1S/C17H19NO2/c1-12(13-3-6-16(19-2)7-4-13)18-15-5-8-17-14(11-15)9-10-20-17/h3-8,11-12,18H,9-10H2,1-2H3. The SMILES string of the molecule is COc1ccc(C(C)Nc2ccc3c(c2)CCO3)cc1. The lowest BCUT2D eigenvalue weighted by Crippen LogP contribution is -2.06. The highest BCUT2D eigenvalue weighted by molar-refractivity contribution is 5.53. The molecule has 0 bridgehead atoms. The molecule has 1 aliphatic rings. The van der Waals surface area contributed by atoms with Crippen molar-refractivity contribution >= 4 is 5.69 Å². The van der Waals surface area contributed by atoms with Gasteiger partial charge in [-0.25, -0.2) is 0 Å². The minimum Gasteiger partial charge on any atom is -0.497 e. The largest absolute Gasteiger partial charge is 0.497 e. The van der Waals surface area contributed by atoms with Gasteiger partial charge in [0.1, 0.15) is 11.5 Å². The quantitative estimate of drug-likeness (QED) is 0.915. The van der Waals surface area contributed by atoms with Gasteiger partial charge in [-0.05, 0) is 48.4 Å². The van der Waals surface area contributed by atoms with Crippen LogP contribution < -0.4 is 14.8 Å². The van der Waals surface area contributed by atoms with Gasteiger partial charge in [0.05, 0.1) is 13.7 Å². The van der Waals surface area contributed by atoms with Crippen LogP contribution >= 0.6 is 0 Å². The number of fused-ring (bicyclic) bond motifs is 1. The molecule has 3 rings (SSSR count). The Hall–Kier alpha value is -2.16. The van der Waals surface area contributed by atoms with Crippen molar-refractivity contribution in [1.29, 1.82) is 0 Å². The molecule has 0 amide bonds. The van der Waals surface area contributed by atoms with Crippen LogP contribution in [-0.4, -0.2) is 13.7 Å². The fourth-order valence-electron chi connectivity index (χ4n) is 2.50. The highest BCUT2D eigenvalue weighted by Crippen LogP contribution is 2.29. The van der Waals surface area contributed by atoms with E-state index in [0.717, 1.165) is 30.2 Å². The van der Waals surface area contributed by atoms with E-state index in [0.29, 0.717) is 0 Å². The Kier molecular flexibility index (Phi) is 3.50. The number of hydrogen-bond acceptors (Lipinski definition) is 3. The molecule has 0 fully saturated rings. The third-order valence-corrected chi connectivity index (χ3v) is 3.69. The number of rotatable bonds is 4. The second-order valence-electron chi connectivity index (χ2n) is 5.06. The van der Waals surface area contributed by atoms with E-state index in [1.54, 1.807) is 7.11 Å². The molecule has 3 heteroatoms. The summed E-state index contributed by atoms with van der Waals surface area (Å²) in [5.41, 5.74) is 3.66. The Balaban J connectivity index is 1.73. The summed E-state index contributed by atoms with van der Waals surface area (Å²) >= 11 is 0. The van der Waals surface area contributed by atoms with Crippen LogP contribution in [-0.2, 0) is 6.42 Å². The Morgan fingerprint density at radius 3 is 2.70 bits per heavy atom. The average Bonchev–Trinajstić information content (AvgIpc) is 2.95. The van der Waals surface area contributed by atoms with Crippen molar-refractivity contribution in [3.8, 4) is 11.5 Å². The van der Waals surface area contributed by atoms with Gasteiger partial charge in [0, 0.05) is 18.2 Å². The summed E-state index contributed by atoms with van der Waals surface area (Å²) in [4.78, 5) is 0. The third kappa shape index (κ3) is 2.57. The van der Waals surface area contributed by atoms with Gasteiger partial charge in [0.25, 0.3) is 0 Å². The molecule has 1 atom stereocenters. The molecule has 0 aromatic heterocycles. The molecule has 104 valence electrons. The second kappa shape index (κ2) is 5.45.